The van der Waals surface area contributed by atoms with Crippen LogP contribution in [0.3, 0.4) is 0 Å². The number of hydrogen-bond donors (Lipinski definition) is 0. The second-order valence-electron chi connectivity index (χ2n) is 6.25. The molecule has 0 saturated carbocycles. The van der Waals surface area contributed by atoms with Crippen LogP contribution in [-0.4, -0.2) is 37.4 Å². The second-order valence-corrected chi connectivity index (χ2v) is 6.66. The second kappa shape index (κ2) is 6.15. The summed E-state index contributed by atoms with van der Waals surface area (Å²) in [6.45, 7) is 6.95. The van der Waals surface area contributed by atoms with Crippen molar-refractivity contribution >= 4 is 17.4 Å². The highest BCUT2D eigenvalue weighted by Crippen LogP contribution is 2.29. The van der Waals surface area contributed by atoms with E-state index in [1.807, 2.05) is 0 Å². The predicted octanol–water partition coefficient (Wildman–Crippen LogP) is 3.65. The van der Waals surface area contributed by atoms with Crippen molar-refractivity contribution in [2.75, 3.05) is 26.7 Å². The predicted molar refractivity (Wildman–Crippen MR) is 81.8 cm³/mol. The van der Waals surface area contributed by atoms with Gasteiger partial charge in [-0.3, -0.25) is 9.69 Å². The zero-order valence-corrected chi connectivity index (χ0v) is 13.2. The van der Waals surface area contributed by atoms with E-state index in [0.29, 0.717) is 28.3 Å². The number of hydrogen-bond acceptors (Lipinski definition) is 3. The molecule has 0 N–H and O–H groups in total. The van der Waals surface area contributed by atoms with Crippen molar-refractivity contribution in [1.29, 1.82) is 0 Å². The van der Waals surface area contributed by atoms with Gasteiger partial charge in [0, 0.05) is 12.1 Å². The number of piperidine rings is 1. The van der Waals surface area contributed by atoms with E-state index in [0.717, 1.165) is 19.5 Å². The number of ketones is 1. The van der Waals surface area contributed by atoms with E-state index in [-0.39, 0.29) is 5.78 Å². The van der Waals surface area contributed by atoms with Gasteiger partial charge in [0.1, 0.15) is 5.75 Å². The van der Waals surface area contributed by atoms with Gasteiger partial charge >= 0.3 is 0 Å². The Morgan fingerprint density at radius 1 is 1.45 bits per heavy atom. The van der Waals surface area contributed by atoms with Crippen molar-refractivity contribution in [3.63, 3.8) is 0 Å². The molecule has 0 aliphatic carbocycles. The summed E-state index contributed by atoms with van der Waals surface area (Å²) in [6, 6.07) is 5.22. The highest BCUT2D eigenvalue weighted by atomic mass is 35.5. The zero-order valence-electron chi connectivity index (χ0n) is 12.4. The third-order valence-electron chi connectivity index (χ3n) is 3.82. The molecule has 1 heterocycles. The summed E-state index contributed by atoms with van der Waals surface area (Å²) in [7, 11) is 1.57. The van der Waals surface area contributed by atoms with Crippen LogP contribution in [0.2, 0.25) is 5.02 Å². The third kappa shape index (κ3) is 3.74. The molecule has 1 aromatic rings. The molecule has 1 aromatic carbocycles. The van der Waals surface area contributed by atoms with Crippen LogP contribution in [-0.2, 0) is 0 Å². The van der Waals surface area contributed by atoms with Crippen LogP contribution < -0.4 is 4.74 Å². The van der Waals surface area contributed by atoms with Crippen molar-refractivity contribution in [2.45, 2.75) is 26.7 Å². The maximum Gasteiger partial charge on any atom is 0.176 e. The summed E-state index contributed by atoms with van der Waals surface area (Å²) in [5.74, 6) is 0.717. The van der Waals surface area contributed by atoms with E-state index in [1.54, 1.807) is 25.3 Å². The Morgan fingerprint density at radius 2 is 2.20 bits per heavy atom. The molecule has 4 heteroatoms. The molecular weight excluding hydrogens is 274 g/mol. The Morgan fingerprint density at radius 3 is 2.80 bits per heavy atom. The number of rotatable bonds is 4. The average molecular weight is 296 g/mol. The molecule has 1 aliphatic rings. The topological polar surface area (TPSA) is 29.5 Å². The van der Waals surface area contributed by atoms with Crippen molar-refractivity contribution in [1.82, 2.24) is 4.90 Å². The summed E-state index contributed by atoms with van der Waals surface area (Å²) in [5.41, 5.74) is 0.954. The maximum atomic E-state index is 12.3. The first-order valence-electron chi connectivity index (χ1n) is 7.00. The SMILES string of the molecule is COc1ccc(C(=O)CN2CCCC(C)(C)C2)cc1Cl. The van der Waals surface area contributed by atoms with E-state index in [9.17, 15) is 4.79 Å². The fourth-order valence-corrected chi connectivity index (χ4v) is 3.07. The zero-order chi connectivity index (χ0) is 14.8. The third-order valence-corrected chi connectivity index (χ3v) is 4.12. The van der Waals surface area contributed by atoms with Gasteiger partial charge in [-0.2, -0.15) is 0 Å². The van der Waals surface area contributed by atoms with Crippen LogP contribution in [0, 0.1) is 5.41 Å². The van der Waals surface area contributed by atoms with Gasteiger partial charge in [-0.05, 0) is 43.0 Å². The molecule has 3 nitrogen and oxygen atoms in total. The molecule has 0 bridgehead atoms. The largest absolute Gasteiger partial charge is 0.495 e. The number of carbonyl (C=O) groups excluding carboxylic acids is 1. The number of ether oxygens (including phenoxy) is 1. The number of likely N-dealkylation sites (tertiary alicyclic amines) is 1. The van der Waals surface area contributed by atoms with Crippen LogP contribution in [0.25, 0.3) is 0 Å². The van der Waals surface area contributed by atoms with Gasteiger partial charge in [-0.25, -0.2) is 0 Å². The molecule has 0 unspecified atom stereocenters. The van der Waals surface area contributed by atoms with Gasteiger partial charge in [0.25, 0.3) is 0 Å². The molecule has 0 spiro atoms. The lowest BCUT2D eigenvalue weighted by Gasteiger charge is -2.37. The minimum Gasteiger partial charge on any atom is -0.495 e. The first-order chi connectivity index (χ1) is 9.41. The Balaban J connectivity index is 2.03. The molecule has 20 heavy (non-hydrogen) atoms. The fraction of sp³-hybridized carbons (Fsp3) is 0.562. The highest BCUT2D eigenvalue weighted by Gasteiger charge is 2.27. The molecule has 0 aromatic heterocycles. The van der Waals surface area contributed by atoms with Gasteiger partial charge in [0.15, 0.2) is 5.78 Å². The number of carbonyl (C=O) groups is 1. The van der Waals surface area contributed by atoms with E-state index in [1.165, 1.54) is 6.42 Å². The molecular formula is C16H22ClNO2. The Hall–Kier alpha value is -1.06. The van der Waals surface area contributed by atoms with E-state index < -0.39 is 0 Å². The Labute approximate surface area is 125 Å². The maximum absolute atomic E-state index is 12.3. The van der Waals surface area contributed by atoms with Gasteiger partial charge < -0.3 is 4.74 Å². The minimum absolute atomic E-state index is 0.118. The number of nitrogens with zero attached hydrogens (tertiary/aromatic N) is 1. The lowest BCUT2D eigenvalue weighted by atomic mass is 9.84. The van der Waals surface area contributed by atoms with Crippen molar-refractivity contribution < 1.29 is 9.53 Å². The number of Topliss-reactive ketones (excluding diaryl/α,β-unsaturated/α-hetero) is 1. The lowest BCUT2D eigenvalue weighted by Crippen LogP contribution is -2.42. The van der Waals surface area contributed by atoms with Crippen molar-refractivity contribution in [3.05, 3.63) is 28.8 Å². The number of benzene rings is 1. The van der Waals surface area contributed by atoms with Crippen molar-refractivity contribution in [3.8, 4) is 5.75 Å². The number of methoxy groups -OCH3 is 1. The molecule has 2 rings (SSSR count). The van der Waals surface area contributed by atoms with Gasteiger partial charge in [-0.15, -0.1) is 0 Å². The molecule has 1 saturated heterocycles. The summed E-state index contributed by atoms with van der Waals surface area (Å²) < 4.78 is 5.10. The summed E-state index contributed by atoms with van der Waals surface area (Å²) in [5, 5.41) is 0.484. The average Bonchev–Trinajstić information content (AvgIpc) is 2.37. The number of halogens is 1. The molecule has 110 valence electrons. The fourth-order valence-electron chi connectivity index (χ4n) is 2.81. The summed E-state index contributed by atoms with van der Waals surface area (Å²) in [6.07, 6.45) is 2.38. The smallest absolute Gasteiger partial charge is 0.176 e. The minimum atomic E-state index is 0.118. The van der Waals surface area contributed by atoms with E-state index >= 15 is 0 Å². The monoisotopic (exact) mass is 295 g/mol. The quantitative estimate of drug-likeness (QED) is 0.794. The lowest BCUT2D eigenvalue weighted by molar-refractivity contribution is 0.0810. The molecule has 1 fully saturated rings. The standard InChI is InChI=1S/C16H22ClNO2/c1-16(2)7-4-8-18(11-16)10-14(19)12-5-6-15(20-3)13(17)9-12/h5-6,9H,4,7-8,10-11H2,1-3H3. The van der Waals surface area contributed by atoms with E-state index in [2.05, 4.69) is 18.7 Å². The Bertz CT molecular complexity index is 499. The normalized spacial score (nSPS) is 18.8. The van der Waals surface area contributed by atoms with Crippen molar-refractivity contribution in [2.24, 2.45) is 5.41 Å². The Kier molecular flexibility index (Phi) is 4.71. The van der Waals surface area contributed by atoms with Crippen LogP contribution >= 0.6 is 11.6 Å². The van der Waals surface area contributed by atoms with Crippen LogP contribution in [0.4, 0.5) is 0 Å². The summed E-state index contributed by atoms with van der Waals surface area (Å²) in [4.78, 5) is 14.6. The molecule has 0 amide bonds. The van der Waals surface area contributed by atoms with Gasteiger partial charge in [0.05, 0.1) is 18.7 Å². The van der Waals surface area contributed by atoms with Crippen LogP contribution in [0.5, 0.6) is 5.75 Å². The molecule has 0 atom stereocenters. The van der Waals surface area contributed by atoms with Crippen LogP contribution in [0.1, 0.15) is 37.0 Å². The first-order valence-corrected chi connectivity index (χ1v) is 7.38. The van der Waals surface area contributed by atoms with E-state index in [4.69, 9.17) is 16.3 Å². The highest BCUT2D eigenvalue weighted by molar-refractivity contribution is 6.32. The molecule has 1 aliphatic heterocycles. The van der Waals surface area contributed by atoms with Gasteiger partial charge in [0.2, 0.25) is 0 Å². The van der Waals surface area contributed by atoms with Gasteiger partial charge in [-0.1, -0.05) is 25.4 Å². The van der Waals surface area contributed by atoms with Crippen LogP contribution in [0.15, 0.2) is 18.2 Å². The summed E-state index contributed by atoms with van der Waals surface area (Å²) >= 11 is 6.07. The molecule has 0 radical (unpaired) electrons. The first kappa shape index (κ1) is 15.3.